The Labute approximate surface area is 384 Å². The zero-order valence-corrected chi connectivity index (χ0v) is 39.0. The number of alkyl carbamates (subject to hydrolysis) is 2. The lowest BCUT2D eigenvalue weighted by molar-refractivity contribution is -0.137. The van der Waals surface area contributed by atoms with Crippen molar-refractivity contribution in [3.63, 3.8) is 0 Å². The number of methoxy groups -OCH3 is 2. The third-order valence-corrected chi connectivity index (χ3v) is 12.7. The largest absolute Gasteiger partial charge is 0.453 e. The molecule has 0 spiro atoms. The van der Waals surface area contributed by atoms with E-state index in [0.717, 1.165) is 68.8 Å². The van der Waals surface area contributed by atoms with Crippen molar-refractivity contribution >= 4 is 53.6 Å². The molecular formula is C51H68N6O8. The molecule has 4 N–H and O–H groups in total. The lowest BCUT2D eigenvalue weighted by atomic mass is 9.78. The highest BCUT2D eigenvalue weighted by molar-refractivity contribution is 5.88. The first kappa shape index (κ1) is 49.8. The highest BCUT2D eigenvalue weighted by atomic mass is 16.5. The molecule has 3 aromatic carbocycles. The molecule has 14 heteroatoms. The molecule has 0 bridgehead atoms. The quantitative estimate of drug-likeness (QED) is 0.117. The first-order chi connectivity index (χ1) is 31.3. The van der Waals surface area contributed by atoms with E-state index in [0.29, 0.717) is 24.8 Å². The number of amides is 5. The van der Waals surface area contributed by atoms with E-state index in [-0.39, 0.29) is 29.7 Å². The van der Waals surface area contributed by atoms with Gasteiger partial charge in [-0.25, -0.2) is 9.59 Å². The number of nitrogens with one attached hydrogen (secondary N) is 4. The van der Waals surface area contributed by atoms with Gasteiger partial charge in [0.25, 0.3) is 0 Å². The number of benzene rings is 3. The van der Waals surface area contributed by atoms with Crippen LogP contribution in [0, 0.1) is 11.8 Å². The van der Waals surface area contributed by atoms with Crippen molar-refractivity contribution in [2.24, 2.45) is 11.8 Å². The number of nitrogens with zero attached hydrogens (tertiary/aromatic N) is 2. The number of likely N-dealkylation sites (tertiary alicyclic amines) is 2. The van der Waals surface area contributed by atoms with Crippen LogP contribution in [0.3, 0.4) is 0 Å². The first-order valence-electron chi connectivity index (χ1n) is 23.0. The maximum absolute atomic E-state index is 12.3. The summed E-state index contributed by atoms with van der Waals surface area (Å²) in [6.07, 6.45) is 10.0. The van der Waals surface area contributed by atoms with E-state index in [9.17, 15) is 28.8 Å². The fraction of sp³-hybridized carbons (Fsp3) is 0.490. The van der Waals surface area contributed by atoms with Gasteiger partial charge in [-0.3, -0.25) is 14.4 Å². The molecule has 65 heavy (non-hydrogen) atoms. The zero-order valence-electron chi connectivity index (χ0n) is 39.0. The normalized spacial score (nSPS) is 19.6. The summed E-state index contributed by atoms with van der Waals surface area (Å²) in [6.45, 7) is 9.66. The van der Waals surface area contributed by atoms with Crippen LogP contribution in [0.1, 0.15) is 113 Å². The molecule has 2 heterocycles. The standard InChI is InChI=1S/C28H28N2O.C12H20N2O4.C11H20N2O3/c1-29-24-12-8-21(9-13-24)26-16-17-27(22-10-14-25(15-11-22)30-18-31)28(26)23-6-4-20(5-7-23)19-2-3-19;1-8(2)10(13-12(17)18-3)11(16)14-6-4-5-9(14)7-15;1-8(2)9(12-11(15)16-3)10(14)13-6-4-5-7-13/h4-15,17-19,26,28-29H,2-3,16H2,1H3,(H,30,31);7-10H,4-6H2,1-3H3,(H,13,17);8-9H,4-7H2,1-3H3,(H,12,15)/t;;9-/m..0/s1. The number of ether oxygens (including phenoxy) is 2. The van der Waals surface area contributed by atoms with Crippen LogP contribution in [0.4, 0.5) is 21.0 Å². The van der Waals surface area contributed by atoms with Gasteiger partial charge >= 0.3 is 12.2 Å². The summed E-state index contributed by atoms with van der Waals surface area (Å²) in [5.74, 6) is 1.29. The van der Waals surface area contributed by atoms with Crippen LogP contribution in [-0.4, -0.2) is 106 Å². The topological polar surface area (TPSA) is 175 Å². The van der Waals surface area contributed by atoms with Crippen molar-refractivity contribution in [1.82, 2.24) is 20.4 Å². The maximum Gasteiger partial charge on any atom is 0.407 e. The summed E-state index contributed by atoms with van der Waals surface area (Å²) >= 11 is 0. The lowest BCUT2D eigenvalue weighted by Crippen LogP contribution is -2.52. The Bertz CT molecular complexity index is 2080. The molecule has 7 rings (SSSR count). The van der Waals surface area contributed by atoms with Gasteiger partial charge in [-0.05, 0) is 121 Å². The number of aldehydes is 1. The molecular weight excluding hydrogens is 825 g/mol. The molecule has 3 fully saturated rings. The molecule has 0 aromatic heterocycles. The van der Waals surface area contributed by atoms with Gasteiger partial charge in [0.2, 0.25) is 18.2 Å². The molecule has 3 aromatic rings. The Morgan fingerprint density at radius 3 is 1.71 bits per heavy atom. The van der Waals surface area contributed by atoms with Gasteiger partial charge < -0.3 is 45.3 Å². The highest BCUT2D eigenvalue weighted by Gasteiger charge is 2.36. The van der Waals surface area contributed by atoms with E-state index in [4.69, 9.17) is 0 Å². The number of hydrogen-bond donors (Lipinski definition) is 4. The molecule has 1 saturated carbocycles. The number of carbonyl (C=O) groups excluding carboxylic acids is 6. The minimum absolute atomic E-state index is 0.00194. The van der Waals surface area contributed by atoms with Crippen LogP contribution in [-0.2, 0) is 28.7 Å². The summed E-state index contributed by atoms with van der Waals surface area (Å²) in [6, 6.07) is 24.9. The lowest BCUT2D eigenvalue weighted by Gasteiger charge is -2.28. The zero-order chi connectivity index (χ0) is 47.0. The number of anilines is 2. The van der Waals surface area contributed by atoms with Gasteiger partial charge in [0.15, 0.2) is 0 Å². The number of hydrogen-bond acceptors (Lipinski definition) is 9. The van der Waals surface area contributed by atoms with Gasteiger partial charge in [0, 0.05) is 44.0 Å². The Morgan fingerprint density at radius 2 is 1.20 bits per heavy atom. The molecule has 5 amide bonds. The fourth-order valence-corrected chi connectivity index (χ4v) is 8.81. The van der Waals surface area contributed by atoms with Crippen LogP contribution in [0.2, 0.25) is 0 Å². The van der Waals surface area contributed by atoms with Crippen molar-refractivity contribution in [2.75, 3.05) is 51.5 Å². The van der Waals surface area contributed by atoms with Crippen molar-refractivity contribution < 1.29 is 38.2 Å². The van der Waals surface area contributed by atoms with Crippen molar-refractivity contribution in [3.8, 4) is 0 Å². The van der Waals surface area contributed by atoms with Gasteiger partial charge in [0.1, 0.15) is 18.4 Å². The highest BCUT2D eigenvalue weighted by Crippen LogP contribution is 2.51. The average Bonchev–Trinajstić information content (AvgIpc) is 3.64. The minimum atomic E-state index is -0.655. The van der Waals surface area contributed by atoms with Gasteiger partial charge in [-0.1, -0.05) is 82.3 Å². The van der Waals surface area contributed by atoms with E-state index in [1.807, 2.05) is 46.9 Å². The third-order valence-electron chi connectivity index (χ3n) is 12.7. The van der Waals surface area contributed by atoms with Crippen molar-refractivity contribution in [3.05, 3.63) is 101 Å². The summed E-state index contributed by atoms with van der Waals surface area (Å²) < 4.78 is 9.03. The molecule has 5 atom stereocenters. The molecule has 2 aliphatic heterocycles. The van der Waals surface area contributed by atoms with E-state index < -0.39 is 24.3 Å². The van der Waals surface area contributed by atoms with Crippen LogP contribution >= 0.6 is 0 Å². The summed E-state index contributed by atoms with van der Waals surface area (Å²) in [7, 11) is 4.51. The molecule has 350 valence electrons. The molecule has 2 aliphatic carbocycles. The van der Waals surface area contributed by atoms with E-state index in [2.05, 4.69) is 97.5 Å². The van der Waals surface area contributed by atoms with Crippen LogP contribution in [0.15, 0.2) is 78.9 Å². The van der Waals surface area contributed by atoms with Crippen molar-refractivity contribution in [1.29, 1.82) is 0 Å². The average molecular weight is 893 g/mol. The second kappa shape index (κ2) is 24.2. The molecule has 4 unspecified atom stereocenters. The number of carbonyl (C=O) groups is 6. The second-order valence-electron chi connectivity index (χ2n) is 17.8. The van der Waals surface area contributed by atoms with Gasteiger partial charge in [0.05, 0.1) is 20.3 Å². The molecule has 14 nitrogen and oxygen atoms in total. The van der Waals surface area contributed by atoms with E-state index in [1.54, 1.807) is 4.90 Å². The Hall–Kier alpha value is -6.18. The predicted octanol–water partition coefficient (Wildman–Crippen LogP) is 8.08. The third kappa shape index (κ3) is 13.4. The van der Waals surface area contributed by atoms with Gasteiger partial charge in [-0.2, -0.15) is 0 Å². The summed E-state index contributed by atoms with van der Waals surface area (Å²) in [4.78, 5) is 71.7. The van der Waals surface area contributed by atoms with Gasteiger partial charge in [-0.15, -0.1) is 0 Å². The first-order valence-corrected chi connectivity index (χ1v) is 23.0. The Kier molecular flexibility index (Phi) is 18.6. The predicted molar refractivity (Wildman–Crippen MR) is 254 cm³/mol. The van der Waals surface area contributed by atoms with Crippen LogP contribution in [0.25, 0.3) is 5.57 Å². The smallest absolute Gasteiger partial charge is 0.407 e. The van der Waals surface area contributed by atoms with Crippen LogP contribution < -0.4 is 21.3 Å². The van der Waals surface area contributed by atoms with E-state index in [1.165, 1.54) is 59.8 Å². The number of allylic oxidation sites excluding steroid dienone is 2. The van der Waals surface area contributed by atoms with Crippen LogP contribution in [0.5, 0.6) is 0 Å². The fourth-order valence-electron chi connectivity index (χ4n) is 8.81. The Morgan fingerprint density at radius 1 is 0.662 bits per heavy atom. The second-order valence-corrected chi connectivity index (χ2v) is 17.8. The molecule has 4 aliphatic rings. The molecule has 2 saturated heterocycles. The number of rotatable bonds is 14. The molecule has 0 radical (unpaired) electrons. The van der Waals surface area contributed by atoms with E-state index >= 15 is 0 Å². The minimum Gasteiger partial charge on any atom is -0.453 e. The maximum atomic E-state index is 12.3. The summed E-state index contributed by atoms with van der Waals surface area (Å²) in [5, 5.41) is 11.1. The summed E-state index contributed by atoms with van der Waals surface area (Å²) in [5.41, 5.74) is 8.79. The van der Waals surface area contributed by atoms with Crippen molar-refractivity contribution in [2.45, 2.75) is 109 Å². The SMILES string of the molecule is CNc1ccc(C2CC=C(c3ccc(NC=O)cc3)C2c2ccc(C3CC3)cc2)cc1.COC(=O)NC(C(=O)N1CCCC1C=O)C(C)C.COC(=O)N[C@H](C(=O)N1CCCC1)C(C)C. The monoisotopic (exact) mass is 893 g/mol. The Balaban J connectivity index is 0.000000200.